The van der Waals surface area contributed by atoms with E-state index < -0.39 is 0 Å². The highest BCUT2D eigenvalue weighted by Crippen LogP contribution is 2.55. The third-order valence-corrected chi connectivity index (χ3v) is 20.5. The molecule has 1 unspecified atom stereocenters. The van der Waals surface area contributed by atoms with Crippen molar-refractivity contribution in [3.63, 3.8) is 0 Å². The SMILES string of the molecule is CCC(C)c1ccc(N(c2ccc(C)cc2)c2ccc(C)cc2)cc1.CCCCCCCCC1(CCCCCCCC)c2cc(C)ccc2-c2ccc(C)cc21.CCCCc1ccc(N(c2ccc(C)cc2)c2ccc(N(c3ccc(C)cc3)c3ccc(CCCC)cc3)cc2)cc1. The van der Waals surface area contributed by atoms with Crippen LogP contribution in [0.5, 0.6) is 0 Å². The molecule has 0 bridgehead atoms. The van der Waals surface area contributed by atoms with E-state index in [0.29, 0.717) is 5.92 Å². The Morgan fingerprint density at radius 2 is 0.510 bits per heavy atom. The van der Waals surface area contributed by atoms with Crippen molar-refractivity contribution in [2.45, 2.75) is 229 Å². The average Bonchev–Trinajstić information content (AvgIpc) is 1.56. The van der Waals surface area contributed by atoms with Crippen molar-refractivity contribution in [1.82, 2.24) is 0 Å². The molecule has 10 aromatic rings. The van der Waals surface area contributed by atoms with Crippen molar-refractivity contribution in [2.75, 3.05) is 14.7 Å². The van der Waals surface area contributed by atoms with Crippen LogP contribution in [0.25, 0.3) is 11.1 Å². The maximum atomic E-state index is 2.53. The van der Waals surface area contributed by atoms with Gasteiger partial charge in [-0.25, -0.2) is 0 Å². The molecule has 0 saturated carbocycles. The molecule has 0 saturated heterocycles. The lowest BCUT2D eigenvalue weighted by Gasteiger charge is -2.33. The lowest BCUT2D eigenvalue weighted by molar-refractivity contribution is 0.397. The van der Waals surface area contributed by atoms with Gasteiger partial charge in [-0.2, -0.15) is 0 Å². The molecule has 0 fully saturated rings. The molecule has 512 valence electrons. The van der Waals surface area contributed by atoms with Crippen molar-refractivity contribution in [2.24, 2.45) is 0 Å². The molecule has 0 heterocycles. The van der Waals surface area contributed by atoms with Gasteiger partial charge in [-0.15, -0.1) is 0 Å². The molecule has 0 aliphatic heterocycles. The van der Waals surface area contributed by atoms with Crippen LogP contribution in [0.4, 0.5) is 51.2 Å². The Morgan fingerprint density at radius 3 is 0.796 bits per heavy atom. The first-order valence-electron chi connectivity index (χ1n) is 38.0. The van der Waals surface area contributed by atoms with Gasteiger partial charge in [-0.05, 0) is 241 Å². The number of unbranched alkanes of at least 4 members (excludes halogenated alkanes) is 12. The minimum Gasteiger partial charge on any atom is -0.311 e. The van der Waals surface area contributed by atoms with E-state index in [0.717, 1.165) is 35.6 Å². The second-order valence-electron chi connectivity index (χ2n) is 28.5. The van der Waals surface area contributed by atoms with E-state index in [9.17, 15) is 0 Å². The third kappa shape index (κ3) is 19.9. The van der Waals surface area contributed by atoms with Crippen LogP contribution >= 0.6 is 0 Å². The smallest absolute Gasteiger partial charge is 0.0463 e. The van der Waals surface area contributed by atoms with Crippen LogP contribution in [-0.4, -0.2) is 0 Å². The molecule has 3 nitrogen and oxygen atoms in total. The summed E-state index contributed by atoms with van der Waals surface area (Å²) in [6.07, 6.45) is 27.5. The minimum atomic E-state index is 0.234. The number of aryl methyl sites for hydroxylation is 8. The normalized spacial score (nSPS) is 12.2. The fourth-order valence-electron chi connectivity index (χ4n) is 14.2. The second kappa shape index (κ2) is 37.5. The topological polar surface area (TPSA) is 9.72 Å². The summed E-state index contributed by atoms with van der Waals surface area (Å²) < 4.78 is 0. The summed E-state index contributed by atoms with van der Waals surface area (Å²) in [7, 11) is 0. The van der Waals surface area contributed by atoms with Crippen LogP contribution in [0.2, 0.25) is 0 Å². The Balaban J connectivity index is 0.000000178. The van der Waals surface area contributed by atoms with E-state index in [1.807, 2.05) is 0 Å². The number of fused-ring (bicyclic) bond motifs is 3. The van der Waals surface area contributed by atoms with Crippen LogP contribution in [-0.2, 0) is 18.3 Å². The first kappa shape index (κ1) is 73.8. The van der Waals surface area contributed by atoms with Gasteiger partial charge in [0.15, 0.2) is 0 Å². The Morgan fingerprint density at radius 1 is 0.265 bits per heavy atom. The first-order chi connectivity index (χ1) is 47.7. The second-order valence-corrected chi connectivity index (χ2v) is 28.5. The summed E-state index contributed by atoms with van der Waals surface area (Å²) in [6.45, 7) is 26.7. The van der Waals surface area contributed by atoms with Gasteiger partial charge < -0.3 is 14.7 Å². The summed E-state index contributed by atoms with van der Waals surface area (Å²) in [5, 5.41) is 0. The number of hydrogen-bond acceptors (Lipinski definition) is 3. The third-order valence-electron chi connectivity index (χ3n) is 20.5. The molecular formula is C95H117N3. The van der Waals surface area contributed by atoms with Gasteiger partial charge in [0.2, 0.25) is 0 Å². The van der Waals surface area contributed by atoms with Gasteiger partial charge in [-0.1, -0.05) is 286 Å². The predicted octanol–water partition coefficient (Wildman–Crippen LogP) is 29.3. The minimum absolute atomic E-state index is 0.234. The van der Waals surface area contributed by atoms with Gasteiger partial charge in [0.1, 0.15) is 0 Å². The van der Waals surface area contributed by atoms with Gasteiger partial charge in [0, 0.05) is 56.6 Å². The summed E-state index contributed by atoms with van der Waals surface area (Å²) in [5.41, 5.74) is 29.1. The monoisotopic (exact) mass is 1300 g/mol. The van der Waals surface area contributed by atoms with Crippen LogP contribution in [0.1, 0.15) is 231 Å². The molecule has 0 N–H and O–H groups in total. The largest absolute Gasteiger partial charge is 0.311 e. The summed E-state index contributed by atoms with van der Waals surface area (Å²) in [4.78, 5) is 7.02. The Labute approximate surface area is 594 Å². The molecule has 1 aliphatic carbocycles. The van der Waals surface area contributed by atoms with Crippen LogP contribution < -0.4 is 14.7 Å². The van der Waals surface area contributed by atoms with Gasteiger partial charge in [0.25, 0.3) is 0 Å². The molecule has 1 aliphatic rings. The molecule has 0 amide bonds. The van der Waals surface area contributed by atoms with E-state index >= 15 is 0 Å². The standard InChI is InChI=1S/C40H44N2.C31H46.C24H27N/c1-5-7-9-33-15-23-37(24-16-33)41(35-19-11-31(3)12-20-35)39-27-29-40(30-28-39)42(36-21-13-32(4)14-22-36)38-25-17-34(18-26-38)10-8-6-2;1-5-7-9-11-13-15-21-31(22-16-14-12-10-8-6-2)29-23-25(3)17-19-27(29)28-20-18-26(4)24-30(28)31;1-5-20(4)21-10-16-24(17-11-21)25(22-12-6-18(2)7-13-22)23-14-8-19(3)9-15-23/h11-30H,5-10H2,1-4H3;17-20,23-24H,5-16,21-22H2,1-4H3;6-17,20H,5H2,1-4H3. The molecule has 0 aromatic heterocycles. The molecule has 3 heteroatoms. The summed E-state index contributed by atoms with van der Waals surface area (Å²) in [5.74, 6) is 0.598. The Kier molecular flexibility index (Phi) is 28.3. The number of hydrogen-bond donors (Lipinski definition) is 0. The first-order valence-corrected chi connectivity index (χ1v) is 38.0. The Bertz CT molecular complexity index is 3700. The highest BCUT2D eigenvalue weighted by atomic mass is 15.2. The number of rotatable bonds is 31. The quantitative estimate of drug-likeness (QED) is 0.0401. The molecule has 11 rings (SSSR count). The molecule has 1 atom stereocenters. The molecule has 0 spiro atoms. The molecule has 98 heavy (non-hydrogen) atoms. The van der Waals surface area contributed by atoms with E-state index in [4.69, 9.17) is 0 Å². The molecule has 10 aromatic carbocycles. The number of anilines is 9. The van der Waals surface area contributed by atoms with Crippen molar-refractivity contribution in [1.29, 1.82) is 0 Å². The highest BCUT2D eigenvalue weighted by Gasteiger charge is 2.42. The molecule has 0 radical (unpaired) electrons. The predicted molar refractivity (Wildman–Crippen MR) is 430 cm³/mol. The van der Waals surface area contributed by atoms with E-state index in [2.05, 4.69) is 328 Å². The van der Waals surface area contributed by atoms with Gasteiger partial charge >= 0.3 is 0 Å². The average molecular weight is 1300 g/mol. The Hall–Kier alpha value is -8.40. The van der Waals surface area contributed by atoms with E-state index in [1.165, 1.54) is 212 Å². The maximum absolute atomic E-state index is 2.53. The zero-order valence-corrected chi connectivity index (χ0v) is 62.2. The van der Waals surface area contributed by atoms with Gasteiger partial charge in [0.05, 0.1) is 0 Å². The lowest BCUT2D eigenvalue weighted by Crippen LogP contribution is -2.25. The van der Waals surface area contributed by atoms with Crippen LogP contribution in [0.3, 0.4) is 0 Å². The van der Waals surface area contributed by atoms with Crippen molar-refractivity contribution in [3.05, 3.63) is 292 Å². The van der Waals surface area contributed by atoms with Crippen molar-refractivity contribution in [3.8, 4) is 11.1 Å². The van der Waals surface area contributed by atoms with Gasteiger partial charge in [-0.3, -0.25) is 0 Å². The zero-order chi connectivity index (χ0) is 69.2. The zero-order valence-electron chi connectivity index (χ0n) is 62.2. The fourth-order valence-corrected chi connectivity index (χ4v) is 14.2. The van der Waals surface area contributed by atoms with E-state index in [-0.39, 0.29) is 5.41 Å². The van der Waals surface area contributed by atoms with Crippen LogP contribution in [0, 0.1) is 41.5 Å². The molecular weight excluding hydrogens is 1180 g/mol. The van der Waals surface area contributed by atoms with Crippen molar-refractivity contribution >= 4 is 51.2 Å². The summed E-state index contributed by atoms with van der Waals surface area (Å²) >= 11 is 0. The van der Waals surface area contributed by atoms with E-state index in [1.54, 1.807) is 11.1 Å². The number of benzene rings is 10. The lowest BCUT2D eigenvalue weighted by atomic mass is 9.70. The van der Waals surface area contributed by atoms with Crippen LogP contribution in [0.15, 0.2) is 231 Å². The summed E-state index contributed by atoms with van der Waals surface area (Å²) in [6, 6.07) is 85.7. The van der Waals surface area contributed by atoms with Crippen molar-refractivity contribution < 1.29 is 0 Å². The number of nitrogens with zero attached hydrogens (tertiary/aromatic N) is 3. The maximum Gasteiger partial charge on any atom is 0.0463 e. The highest BCUT2D eigenvalue weighted by molar-refractivity contribution is 5.83. The fraction of sp³-hybridized carbons (Fsp3) is 0.368.